The van der Waals surface area contributed by atoms with E-state index < -0.39 is 17.8 Å². The molecule has 5 nitrogen and oxygen atoms in total. The van der Waals surface area contributed by atoms with Crippen LogP contribution < -0.4 is 10.6 Å². The van der Waals surface area contributed by atoms with Crippen molar-refractivity contribution in [1.29, 1.82) is 0 Å². The molecule has 1 aromatic heterocycles. The van der Waals surface area contributed by atoms with Crippen molar-refractivity contribution in [1.82, 2.24) is 4.98 Å². The van der Waals surface area contributed by atoms with Gasteiger partial charge in [0.2, 0.25) is 0 Å². The van der Waals surface area contributed by atoms with Crippen molar-refractivity contribution in [2.75, 3.05) is 17.2 Å². The first-order chi connectivity index (χ1) is 10.9. The fourth-order valence-electron chi connectivity index (χ4n) is 1.81. The number of pyridine rings is 1. The highest BCUT2D eigenvalue weighted by molar-refractivity contribution is 5.83. The number of alkyl halides is 3. The quantitative estimate of drug-likeness (QED) is 0.874. The summed E-state index contributed by atoms with van der Waals surface area (Å²) in [5, 5.41) is 5.05. The largest absolute Gasteiger partial charge is 0.450 e. The number of benzene rings is 1. The van der Waals surface area contributed by atoms with Crippen LogP contribution in [0.4, 0.5) is 35.2 Å². The molecule has 0 unspecified atom stereocenters. The van der Waals surface area contributed by atoms with Crippen LogP contribution in [0.3, 0.4) is 0 Å². The number of carbonyl (C=O) groups is 1. The third-order valence-corrected chi connectivity index (χ3v) is 2.78. The molecule has 0 bridgehead atoms. The number of amides is 1. The number of carbonyl (C=O) groups excluding carboxylic acids is 1. The Hall–Kier alpha value is -2.77. The Morgan fingerprint density at radius 3 is 2.57 bits per heavy atom. The number of rotatable bonds is 4. The summed E-state index contributed by atoms with van der Waals surface area (Å²) in [6.07, 6.45) is -3.79. The van der Waals surface area contributed by atoms with Gasteiger partial charge in [0.1, 0.15) is 5.82 Å². The lowest BCUT2D eigenvalue weighted by Gasteiger charge is -2.14. The molecule has 0 saturated heterocycles. The van der Waals surface area contributed by atoms with E-state index in [1.165, 1.54) is 36.5 Å². The van der Waals surface area contributed by atoms with E-state index in [2.05, 4.69) is 15.6 Å². The predicted molar refractivity (Wildman–Crippen MR) is 79.6 cm³/mol. The SMILES string of the molecule is CCOC(=O)Nc1ccc(Nc2ccccc2C(F)(F)F)cn1. The maximum Gasteiger partial charge on any atom is 0.418 e. The highest BCUT2D eigenvalue weighted by atomic mass is 19.4. The molecule has 0 aliphatic carbocycles. The molecule has 0 fully saturated rings. The first-order valence-electron chi connectivity index (χ1n) is 6.73. The van der Waals surface area contributed by atoms with E-state index in [0.29, 0.717) is 5.69 Å². The molecule has 0 aliphatic heterocycles. The van der Waals surface area contributed by atoms with Crippen LogP contribution in [0.1, 0.15) is 12.5 Å². The number of ether oxygens (including phenoxy) is 1. The maximum atomic E-state index is 12.9. The summed E-state index contributed by atoms with van der Waals surface area (Å²) in [7, 11) is 0. The van der Waals surface area contributed by atoms with Crippen LogP contribution in [0.2, 0.25) is 0 Å². The third-order valence-electron chi connectivity index (χ3n) is 2.78. The molecule has 0 aliphatic rings. The molecule has 0 radical (unpaired) electrons. The topological polar surface area (TPSA) is 63.2 Å². The first-order valence-corrected chi connectivity index (χ1v) is 6.73. The summed E-state index contributed by atoms with van der Waals surface area (Å²) in [6.45, 7) is 1.89. The van der Waals surface area contributed by atoms with Crippen LogP contribution in [-0.2, 0) is 10.9 Å². The minimum atomic E-state index is -4.46. The normalized spacial score (nSPS) is 11.0. The monoisotopic (exact) mass is 325 g/mol. The summed E-state index contributed by atoms with van der Waals surface area (Å²) in [5.74, 6) is 0.234. The average molecular weight is 325 g/mol. The van der Waals surface area contributed by atoms with Gasteiger partial charge in [-0.2, -0.15) is 13.2 Å². The van der Waals surface area contributed by atoms with E-state index in [4.69, 9.17) is 4.74 Å². The number of nitrogens with one attached hydrogen (secondary N) is 2. The Kier molecular flexibility index (Phi) is 5.05. The van der Waals surface area contributed by atoms with E-state index in [0.717, 1.165) is 6.07 Å². The average Bonchev–Trinajstić information content (AvgIpc) is 2.49. The van der Waals surface area contributed by atoms with Crippen LogP contribution in [-0.4, -0.2) is 17.7 Å². The Morgan fingerprint density at radius 1 is 1.22 bits per heavy atom. The van der Waals surface area contributed by atoms with Gasteiger partial charge in [0, 0.05) is 0 Å². The number of hydrogen-bond acceptors (Lipinski definition) is 4. The molecule has 122 valence electrons. The lowest BCUT2D eigenvalue weighted by Crippen LogP contribution is -2.14. The highest BCUT2D eigenvalue weighted by Crippen LogP contribution is 2.35. The van der Waals surface area contributed by atoms with Crippen molar-refractivity contribution in [2.45, 2.75) is 13.1 Å². The van der Waals surface area contributed by atoms with Gasteiger partial charge >= 0.3 is 12.3 Å². The van der Waals surface area contributed by atoms with Crippen molar-refractivity contribution in [3.05, 3.63) is 48.2 Å². The van der Waals surface area contributed by atoms with Gasteiger partial charge in [-0.25, -0.2) is 9.78 Å². The van der Waals surface area contributed by atoms with Crippen molar-refractivity contribution in [2.24, 2.45) is 0 Å². The Labute approximate surface area is 130 Å². The molecule has 0 saturated carbocycles. The summed E-state index contributed by atoms with van der Waals surface area (Å²) in [5.41, 5.74) is -0.488. The molecule has 0 spiro atoms. The first kappa shape index (κ1) is 16.6. The maximum absolute atomic E-state index is 12.9. The molecule has 8 heteroatoms. The van der Waals surface area contributed by atoms with Crippen molar-refractivity contribution < 1.29 is 22.7 Å². The highest BCUT2D eigenvalue weighted by Gasteiger charge is 2.33. The second kappa shape index (κ2) is 6.99. The lowest BCUT2D eigenvalue weighted by molar-refractivity contribution is -0.136. The molecule has 1 aromatic carbocycles. The van der Waals surface area contributed by atoms with E-state index in [1.54, 1.807) is 6.92 Å². The van der Waals surface area contributed by atoms with Crippen LogP contribution in [0.25, 0.3) is 0 Å². The van der Waals surface area contributed by atoms with E-state index in [9.17, 15) is 18.0 Å². The van der Waals surface area contributed by atoms with Crippen molar-refractivity contribution in [3.63, 3.8) is 0 Å². The van der Waals surface area contributed by atoms with E-state index in [1.807, 2.05) is 0 Å². The molecule has 2 N–H and O–H groups in total. The number of aromatic nitrogens is 1. The minimum Gasteiger partial charge on any atom is -0.450 e. The molecular formula is C15H14F3N3O2. The van der Waals surface area contributed by atoms with E-state index in [-0.39, 0.29) is 18.1 Å². The zero-order valence-electron chi connectivity index (χ0n) is 12.1. The van der Waals surface area contributed by atoms with Crippen LogP contribution in [0, 0.1) is 0 Å². The minimum absolute atomic E-state index is 0.0760. The van der Waals surface area contributed by atoms with Gasteiger partial charge in [0.25, 0.3) is 0 Å². The van der Waals surface area contributed by atoms with Gasteiger partial charge < -0.3 is 10.1 Å². The number of para-hydroxylation sites is 1. The summed E-state index contributed by atoms with van der Waals surface area (Å²) >= 11 is 0. The summed E-state index contributed by atoms with van der Waals surface area (Å²) < 4.78 is 43.4. The van der Waals surface area contributed by atoms with Gasteiger partial charge in [-0.05, 0) is 31.2 Å². The van der Waals surface area contributed by atoms with Crippen molar-refractivity contribution >= 4 is 23.3 Å². The smallest absolute Gasteiger partial charge is 0.418 e. The van der Waals surface area contributed by atoms with Gasteiger partial charge in [-0.15, -0.1) is 0 Å². The Bertz CT molecular complexity index is 672. The second-order valence-electron chi connectivity index (χ2n) is 4.45. The molecule has 1 heterocycles. The van der Waals surface area contributed by atoms with Crippen LogP contribution >= 0.6 is 0 Å². The van der Waals surface area contributed by atoms with Crippen LogP contribution in [0.5, 0.6) is 0 Å². The molecule has 0 atom stereocenters. The predicted octanol–water partition coefficient (Wildman–Crippen LogP) is 4.41. The Morgan fingerprint density at radius 2 is 1.96 bits per heavy atom. The molecule has 23 heavy (non-hydrogen) atoms. The van der Waals surface area contributed by atoms with E-state index >= 15 is 0 Å². The zero-order chi connectivity index (χ0) is 16.9. The van der Waals surface area contributed by atoms with Crippen molar-refractivity contribution in [3.8, 4) is 0 Å². The number of halogens is 3. The fourth-order valence-corrected chi connectivity index (χ4v) is 1.81. The van der Waals surface area contributed by atoms with Crippen LogP contribution in [0.15, 0.2) is 42.6 Å². The standard InChI is InChI=1S/C15H14F3N3O2/c1-2-23-14(22)21-13-8-7-10(9-19-13)20-12-6-4-3-5-11(12)15(16,17)18/h3-9,20H,2H2,1H3,(H,19,21,22). The van der Waals surface area contributed by atoms with Gasteiger partial charge in [-0.3, -0.25) is 5.32 Å². The fraction of sp³-hybridized carbons (Fsp3) is 0.200. The van der Waals surface area contributed by atoms with Gasteiger partial charge in [0.05, 0.1) is 29.7 Å². The third kappa shape index (κ3) is 4.60. The lowest BCUT2D eigenvalue weighted by atomic mass is 10.1. The number of hydrogen-bond donors (Lipinski definition) is 2. The molecular weight excluding hydrogens is 311 g/mol. The molecule has 2 aromatic rings. The van der Waals surface area contributed by atoms with Gasteiger partial charge in [-0.1, -0.05) is 12.1 Å². The Balaban J connectivity index is 2.12. The summed E-state index contributed by atoms with van der Waals surface area (Å²) in [6, 6.07) is 8.09. The molecule has 1 amide bonds. The second-order valence-corrected chi connectivity index (χ2v) is 4.45. The summed E-state index contributed by atoms with van der Waals surface area (Å²) in [4.78, 5) is 15.2. The number of anilines is 3. The molecule has 2 rings (SSSR count). The zero-order valence-corrected chi connectivity index (χ0v) is 12.1. The number of nitrogens with zero attached hydrogens (tertiary/aromatic N) is 1. The van der Waals surface area contributed by atoms with Gasteiger partial charge in [0.15, 0.2) is 0 Å².